The van der Waals surface area contributed by atoms with E-state index in [9.17, 15) is 13.2 Å². The Morgan fingerprint density at radius 3 is 2.33 bits per heavy atom. The van der Waals surface area contributed by atoms with Crippen molar-refractivity contribution in [1.29, 1.82) is 0 Å². The second kappa shape index (κ2) is 7.06. The summed E-state index contributed by atoms with van der Waals surface area (Å²) in [5.41, 5.74) is 0. The minimum Gasteiger partial charge on any atom is -0.315 e. The number of nitrogens with one attached hydrogen (secondary N) is 1. The van der Waals surface area contributed by atoms with Crippen molar-refractivity contribution in [2.24, 2.45) is 0 Å². The number of halogens is 3. The van der Waals surface area contributed by atoms with E-state index in [1.807, 2.05) is 7.05 Å². The Hall–Kier alpha value is -0.290. The highest BCUT2D eigenvalue weighted by Gasteiger charge is 2.25. The monoisotopic (exact) mass is 226 g/mol. The SMILES string of the molecule is CCC(C)N(C)CCNCCC(F)(F)F. The third kappa shape index (κ3) is 8.69. The largest absolute Gasteiger partial charge is 0.390 e. The van der Waals surface area contributed by atoms with Crippen LogP contribution in [0.15, 0.2) is 0 Å². The van der Waals surface area contributed by atoms with Crippen molar-refractivity contribution in [3.05, 3.63) is 0 Å². The minimum atomic E-state index is -4.05. The van der Waals surface area contributed by atoms with Crippen LogP contribution in [0.5, 0.6) is 0 Å². The molecule has 2 nitrogen and oxygen atoms in total. The standard InChI is InChI=1S/C10H21F3N2/c1-4-9(2)15(3)8-7-14-6-5-10(11,12)13/h9,14H,4-8H2,1-3H3. The van der Waals surface area contributed by atoms with Crippen molar-refractivity contribution in [3.8, 4) is 0 Å². The maximum atomic E-state index is 11.8. The molecule has 0 heterocycles. The van der Waals surface area contributed by atoms with Gasteiger partial charge in [0.05, 0.1) is 6.42 Å². The lowest BCUT2D eigenvalue weighted by molar-refractivity contribution is -0.133. The number of hydrogen-bond donors (Lipinski definition) is 1. The summed E-state index contributed by atoms with van der Waals surface area (Å²) < 4.78 is 35.3. The number of nitrogens with zero attached hydrogens (tertiary/aromatic N) is 1. The van der Waals surface area contributed by atoms with Crippen molar-refractivity contribution in [2.75, 3.05) is 26.7 Å². The van der Waals surface area contributed by atoms with E-state index in [0.717, 1.165) is 13.0 Å². The van der Waals surface area contributed by atoms with Crippen LogP contribution >= 0.6 is 0 Å². The second-order valence-electron chi connectivity index (χ2n) is 3.85. The van der Waals surface area contributed by atoms with Gasteiger partial charge in [-0.2, -0.15) is 13.2 Å². The highest BCUT2D eigenvalue weighted by Crippen LogP contribution is 2.17. The zero-order chi connectivity index (χ0) is 11.9. The topological polar surface area (TPSA) is 15.3 Å². The molecule has 0 aromatic rings. The van der Waals surface area contributed by atoms with Crippen LogP contribution in [0.25, 0.3) is 0 Å². The second-order valence-corrected chi connectivity index (χ2v) is 3.85. The summed E-state index contributed by atoms with van der Waals surface area (Å²) in [4.78, 5) is 2.14. The van der Waals surface area contributed by atoms with Gasteiger partial charge >= 0.3 is 6.18 Å². The molecule has 0 aliphatic rings. The normalized spacial score (nSPS) is 14.6. The Morgan fingerprint density at radius 2 is 1.87 bits per heavy atom. The van der Waals surface area contributed by atoms with Crippen molar-refractivity contribution in [2.45, 2.75) is 38.9 Å². The Labute approximate surface area is 89.8 Å². The van der Waals surface area contributed by atoms with Crippen molar-refractivity contribution in [1.82, 2.24) is 10.2 Å². The molecule has 0 saturated carbocycles. The molecule has 0 saturated heterocycles. The average Bonchev–Trinajstić information content (AvgIpc) is 2.14. The molecule has 0 bridgehead atoms. The molecule has 1 N–H and O–H groups in total. The molecule has 0 aromatic heterocycles. The van der Waals surface area contributed by atoms with Gasteiger partial charge in [-0.15, -0.1) is 0 Å². The molecule has 92 valence electrons. The van der Waals surface area contributed by atoms with Gasteiger partial charge in [-0.25, -0.2) is 0 Å². The van der Waals surface area contributed by atoms with Crippen LogP contribution in [0.1, 0.15) is 26.7 Å². The minimum absolute atomic E-state index is 0.0118. The quantitative estimate of drug-likeness (QED) is 0.670. The maximum absolute atomic E-state index is 11.8. The Morgan fingerprint density at radius 1 is 1.27 bits per heavy atom. The zero-order valence-electron chi connectivity index (χ0n) is 9.69. The molecular weight excluding hydrogens is 205 g/mol. The summed E-state index contributed by atoms with van der Waals surface area (Å²) in [6.45, 7) is 5.61. The lowest BCUT2D eigenvalue weighted by Gasteiger charge is -2.23. The lowest BCUT2D eigenvalue weighted by Crippen LogP contribution is -2.35. The molecular formula is C10H21F3N2. The maximum Gasteiger partial charge on any atom is 0.390 e. The van der Waals surface area contributed by atoms with Crippen LogP contribution in [0.4, 0.5) is 13.2 Å². The van der Waals surface area contributed by atoms with E-state index in [1.165, 1.54) is 0 Å². The van der Waals surface area contributed by atoms with E-state index in [-0.39, 0.29) is 6.54 Å². The van der Waals surface area contributed by atoms with Crippen LogP contribution in [-0.4, -0.2) is 43.8 Å². The first-order chi connectivity index (χ1) is 6.87. The molecule has 1 unspecified atom stereocenters. The van der Waals surface area contributed by atoms with Crippen LogP contribution < -0.4 is 5.32 Å². The first kappa shape index (κ1) is 14.7. The van der Waals surface area contributed by atoms with E-state index in [2.05, 4.69) is 24.1 Å². The summed E-state index contributed by atoms with van der Waals surface area (Å²) >= 11 is 0. The van der Waals surface area contributed by atoms with Gasteiger partial charge in [-0.1, -0.05) is 6.92 Å². The summed E-state index contributed by atoms with van der Waals surface area (Å²) in [6.07, 6.45) is -3.74. The van der Waals surface area contributed by atoms with Gasteiger partial charge in [-0.05, 0) is 20.4 Å². The lowest BCUT2D eigenvalue weighted by atomic mass is 10.2. The van der Waals surface area contributed by atoms with Gasteiger partial charge < -0.3 is 10.2 Å². The third-order valence-corrected chi connectivity index (χ3v) is 2.57. The van der Waals surface area contributed by atoms with Gasteiger partial charge in [0.2, 0.25) is 0 Å². The van der Waals surface area contributed by atoms with Crippen LogP contribution in [0, 0.1) is 0 Å². The fourth-order valence-electron chi connectivity index (χ4n) is 1.14. The molecule has 5 heteroatoms. The fraction of sp³-hybridized carbons (Fsp3) is 1.00. The van der Waals surface area contributed by atoms with Gasteiger partial charge in [0.15, 0.2) is 0 Å². The Bertz CT molecular complexity index is 159. The van der Waals surface area contributed by atoms with Gasteiger partial charge in [0.1, 0.15) is 0 Å². The highest BCUT2D eigenvalue weighted by atomic mass is 19.4. The molecule has 0 amide bonds. The van der Waals surface area contributed by atoms with Gasteiger partial charge in [0, 0.05) is 25.7 Å². The van der Waals surface area contributed by atoms with E-state index >= 15 is 0 Å². The average molecular weight is 226 g/mol. The Balaban J connectivity index is 3.39. The third-order valence-electron chi connectivity index (χ3n) is 2.57. The van der Waals surface area contributed by atoms with Crippen molar-refractivity contribution >= 4 is 0 Å². The number of likely N-dealkylation sites (N-methyl/N-ethyl adjacent to an activating group) is 1. The van der Waals surface area contributed by atoms with Gasteiger partial charge in [-0.3, -0.25) is 0 Å². The molecule has 0 aliphatic carbocycles. The molecule has 15 heavy (non-hydrogen) atoms. The first-order valence-corrected chi connectivity index (χ1v) is 5.34. The number of rotatable bonds is 7. The fourth-order valence-corrected chi connectivity index (χ4v) is 1.14. The molecule has 0 rings (SSSR count). The number of hydrogen-bond acceptors (Lipinski definition) is 2. The van der Waals surface area contributed by atoms with E-state index < -0.39 is 12.6 Å². The molecule has 0 aliphatic heterocycles. The highest BCUT2D eigenvalue weighted by molar-refractivity contribution is 4.63. The van der Waals surface area contributed by atoms with E-state index in [1.54, 1.807) is 0 Å². The molecule has 0 aromatic carbocycles. The van der Waals surface area contributed by atoms with Crippen LogP contribution in [-0.2, 0) is 0 Å². The predicted octanol–water partition coefficient (Wildman–Crippen LogP) is 2.26. The molecule has 0 radical (unpaired) electrons. The number of alkyl halides is 3. The van der Waals surface area contributed by atoms with E-state index in [0.29, 0.717) is 12.6 Å². The summed E-state index contributed by atoms with van der Waals surface area (Å²) in [5.74, 6) is 0. The first-order valence-electron chi connectivity index (χ1n) is 5.34. The molecule has 0 fully saturated rings. The molecule has 0 spiro atoms. The van der Waals surface area contributed by atoms with Gasteiger partial charge in [0.25, 0.3) is 0 Å². The molecule has 1 atom stereocenters. The smallest absolute Gasteiger partial charge is 0.315 e. The predicted molar refractivity (Wildman–Crippen MR) is 55.9 cm³/mol. The Kier molecular flexibility index (Phi) is 6.92. The van der Waals surface area contributed by atoms with Crippen molar-refractivity contribution in [3.63, 3.8) is 0 Å². The zero-order valence-corrected chi connectivity index (χ0v) is 9.69. The van der Waals surface area contributed by atoms with E-state index in [4.69, 9.17) is 0 Å². The van der Waals surface area contributed by atoms with Crippen molar-refractivity contribution < 1.29 is 13.2 Å². The summed E-state index contributed by atoms with van der Waals surface area (Å²) in [5, 5.41) is 2.79. The van der Waals surface area contributed by atoms with Crippen LogP contribution in [0.2, 0.25) is 0 Å². The summed E-state index contributed by atoms with van der Waals surface area (Å²) in [6, 6.07) is 0.481. The van der Waals surface area contributed by atoms with Crippen LogP contribution in [0.3, 0.4) is 0 Å². The summed E-state index contributed by atoms with van der Waals surface area (Å²) in [7, 11) is 1.99.